The van der Waals surface area contributed by atoms with Crippen molar-refractivity contribution >= 4 is 5.91 Å². The van der Waals surface area contributed by atoms with Gasteiger partial charge in [-0.15, -0.1) is 0 Å². The molecule has 1 amide bonds. The minimum atomic E-state index is -0.00398. The monoisotopic (exact) mass is 235 g/mol. The van der Waals surface area contributed by atoms with Crippen molar-refractivity contribution in [2.24, 2.45) is 5.73 Å². The fourth-order valence-electron chi connectivity index (χ4n) is 1.55. The number of amides is 1. The number of hydrogen-bond acceptors (Lipinski definition) is 3. The maximum Gasteiger partial charge on any atom is 0.236 e. The van der Waals surface area contributed by atoms with Crippen molar-refractivity contribution in [1.82, 2.24) is 9.80 Å². The molecule has 0 aliphatic rings. The molecule has 4 heteroatoms. The first kappa shape index (κ1) is 13.7. The number of benzene rings is 1. The smallest absolute Gasteiger partial charge is 0.236 e. The second kappa shape index (κ2) is 7.04. The SMILES string of the molecule is CN(C)CCN(Cc1ccccc1)C(=O)CN. The van der Waals surface area contributed by atoms with E-state index in [1.807, 2.05) is 44.4 Å². The second-order valence-corrected chi connectivity index (χ2v) is 4.31. The molecule has 17 heavy (non-hydrogen) atoms. The van der Waals surface area contributed by atoms with Gasteiger partial charge in [-0.2, -0.15) is 0 Å². The third-order valence-electron chi connectivity index (χ3n) is 2.56. The predicted molar refractivity (Wildman–Crippen MR) is 69.5 cm³/mol. The first-order valence-corrected chi connectivity index (χ1v) is 5.80. The fourth-order valence-corrected chi connectivity index (χ4v) is 1.55. The highest BCUT2D eigenvalue weighted by molar-refractivity contribution is 5.78. The topological polar surface area (TPSA) is 49.6 Å². The molecule has 0 spiro atoms. The number of carbonyl (C=O) groups excluding carboxylic acids is 1. The number of hydrogen-bond donors (Lipinski definition) is 1. The molecule has 0 radical (unpaired) electrons. The number of rotatable bonds is 6. The molecule has 4 nitrogen and oxygen atoms in total. The van der Waals surface area contributed by atoms with Crippen molar-refractivity contribution in [3.63, 3.8) is 0 Å². The Hall–Kier alpha value is -1.39. The van der Waals surface area contributed by atoms with Crippen LogP contribution in [0, 0.1) is 0 Å². The molecule has 0 saturated carbocycles. The summed E-state index contributed by atoms with van der Waals surface area (Å²) >= 11 is 0. The molecule has 0 unspecified atom stereocenters. The summed E-state index contributed by atoms with van der Waals surface area (Å²) in [5.74, 6) is -0.00398. The van der Waals surface area contributed by atoms with Gasteiger partial charge in [0.1, 0.15) is 0 Å². The van der Waals surface area contributed by atoms with Crippen LogP contribution < -0.4 is 5.73 Å². The van der Waals surface area contributed by atoms with E-state index in [0.29, 0.717) is 13.1 Å². The van der Waals surface area contributed by atoms with E-state index in [-0.39, 0.29) is 12.5 Å². The van der Waals surface area contributed by atoms with Crippen molar-refractivity contribution in [2.45, 2.75) is 6.54 Å². The zero-order chi connectivity index (χ0) is 12.7. The van der Waals surface area contributed by atoms with Crippen LogP contribution in [0.4, 0.5) is 0 Å². The number of carbonyl (C=O) groups is 1. The second-order valence-electron chi connectivity index (χ2n) is 4.31. The predicted octanol–water partition coefficient (Wildman–Crippen LogP) is 0.536. The van der Waals surface area contributed by atoms with Gasteiger partial charge in [-0.25, -0.2) is 0 Å². The zero-order valence-electron chi connectivity index (χ0n) is 10.6. The van der Waals surface area contributed by atoms with Crippen LogP contribution in [-0.4, -0.2) is 49.4 Å². The summed E-state index contributed by atoms with van der Waals surface area (Å²) in [6.07, 6.45) is 0. The molecule has 0 aliphatic carbocycles. The van der Waals surface area contributed by atoms with Gasteiger partial charge in [-0.05, 0) is 19.7 Å². The number of nitrogens with zero attached hydrogens (tertiary/aromatic N) is 2. The van der Waals surface area contributed by atoms with Crippen LogP contribution in [0.25, 0.3) is 0 Å². The summed E-state index contributed by atoms with van der Waals surface area (Å²) < 4.78 is 0. The molecule has 2 N–H and O–H groups in total. The average molecular weight is 235 g/mol. The van der Waals surface area contributed by atoms with Crippen molar-refractivity contribution in [2.75, 3.05) is 33.7 Å². The van der Waals surface area contributed by atoms with Gasteiger partial charge in [0.25, 0.3) is 0 Å². The van der Waals surface area contributed by atoms with E-state index in [1.54, 1.807) is 4.90 Å². The first-order valence-electron chi connectivity index (χ1n) is 5.80. The maximum absolute atomic E-state index is 11.7. The van der Waals surface area contributed by atoms with Crippen molar-refractivity contribution in [1.29, 1.82) is 0 Å². The third kappa shape index (κ3) is 4.97. The van der Waals surface area contributed by atoms with Crippen LogP contribution in [-0.2, 0) is 11.3 Å². The first-order chi connectivity index (χ1) is 8.13. The molecule has 0 aliphatic heterocycles. The Morgan fingerprint density at radius 1 is 1.18 bits per heavy atom. The minimum Gasteiger partial charge on any atom is -0.336 e. The number of likely N-dealkylation sites (N-methyl/N-ethyl adjacent to an activating group) is 1. The van der Waals surface area contributed by atoms with E-state index >= 15 is 0 Å². The van der Waals surface area contributed by atoms with E-state index in [4.69, 9.17) is 5.73 Å². The molecule has 1 aromatic rings. The van der Waals surface area contributed by atoms with Crippen molar-refractivity contribution < 1.29 is 4.79 Å². The molecule has 94 valence electrons. The van der Waals surface area contributed by atoms with Gasteiger partial charge in [-0.3, -0.25) is 4.79 Å². The molecule has 1 rings (SSSR count). The Labute approximate surface area is 103 Å². The quantitative estimate of drug-likeness (QED) is 0.782. The van der Waals surface area contributed by atoms with Gasteiger partial charge in [0, 0.05) is 19.6 Å². The van der Waals surface area contributed by atoms with E-state index < -0.39 is 0 Å². The van der Waals surface area contributed by atoms with Crippen molar-refractivity contribution in [3.8, 4) is 0 Å². The minimum absolute atomic E-state index is 0.00398. The van der Waals surface area contributed by atoms with E-state index in [9.17, 15) is 4.79 Å². The highest BCUT2D eigenvalue weighted by atomic mass is 16.2. The van der Waals surface area contributed by atoms with Gasteiger partial charge < -0.3 is 15.5 Å². The lowest BCUT2D eigenvalue weighted by atomic mass is 10.2. The molecule has 1 aromatic carbocycles. The summed E-state index contributed by atoms with van der Waals surface area (Å²) in [4.78, 5) is 15.6. The lowest BCUT2D eigenvalue weighted by Crippen LogP contribution is -2.39. The van der Waals surface area contributed by atoms with E-state index in [1.165, 1.54) is 0 Å². The summed E-state index contributed by atoms with van der Waals surface area (Å²) in [7, 11) is 3.99. The molecular formula is C13H21N3O. The van der Waals surface area contributed by atoms with Crippen LogP contribution in [0.2, 0.25) is 0 Å². The highest BCUT2D eigenvalue weighted by Crippen LogP contribution is 2.04. The van der Waals surface area contributed by atoms with Crippen LogP contribution in [0.3, 0.4) is 0 Å². The van der Waals surface area contributed by atoms with Crippen molar-refractivity contribution in [3.05, 3.63) is 35.9 Å². The van der Waals surface area contributed by atoms with Gasteiger partial charge in [-0.1, -0.05) is 30.3 Å². The normalized spacial score (nSPS) is 10.6. The lowest BCUT2D eigenvalue weighted by molar-refractivity contribution is -0.130. The van der Waals surface area contributed by atoms with Crippen LogP contribution in [0.1, 0.15) is 5.56 Å². The molecule has 0 bridgehead atoms. The standard InChI is InChI=1S/C13H21N3O/c1-15(2)8-9-16(13(17)10-14)11-12-6-4-3-5-7-12/h3-7H,8-11,14H2,1-2H3. The lowest BCUT2D eigenvalue weighted by Gasteiger charge is -2.24. The van der Waals surface area contributed by atoms with Gasteiger partial charge in [0.05, 0.1) is 6.54 Å². The summed E-state index contributed by atoms with van der Waals surface area (Å²) in [6.45, 7) is 2.25. The molecule has 0 saturated heterocycles. The largest absolute Gasteiger partial charge is 0.336 e. The van der Waals surface area contributed by atoms with Crippen LogP contribution >= 0.6 is 0 Å². The molecule has 0 aromatic heterocycles. The van der Waals surface area contributed by atoms with Gasteiger partial charge >= 0.3 is 0 Å². The Kier molecular flexibility index (Phi) is 5.66. The van der Waals surface area contributed by atoms with Gasteiger partial charge in [0.15, 0.2) is 0 Å². The highest BCUT2D eigenvalue weighted by Gasteiger charge is 2.12. The summed E-state index contributed by atoms with van der Waals surface area (Å²) in [5.41, 5.74) is 6.56. The van der Waals surface area contributed by atoms with E-state index in [2.05, 4.69) is 4.90 Å². The van der Waals surface area contributed by atoms with Gasteiger partial charge in [0.2, 0.25) is 5.91 Å². The Bertz CT molecular complexity index is 338. The van der Waals surface area contributed by atoms with Crippen LogP contribution in [0.5, 0.6) is 0 Å². The van der Waals surface area contributed by atoms with Crippen LogP contribution in [0.15, 0.2) is 30.3 Å². The number of nitrogens with two attached hydrogens (primary N) is 1. The average Bonchev–Trinajstić information content (AvgIpc) is 2.34. The molecule has 0 atom stereocenters. The maximum atomic E-state index is 11.7. The zero-order valence-corrected chi connectivity index (χ0v) is 10.6. The summed E-state index contributed by atoms with van der Waals surface area (Å²) in [5, 5.41) is 0. The fraction of sp³-hybridized carbons (Fsp3) is 0.462. The molecule has 0 fully saturated rings. The molecular weight excluding hydrogens is 214 g/mol. The Morgan fingerprint density at radius 3 is 2.35 bits per heavy atom. The van der Waals surface area contributed by atoms with E-state index in [0.717, 1.165) is 12.1 Å². The third-order valence-corrected chi connectivity index (χ3v) is 2.56. The Balaban J connectivity index is 2.60. The summed E-state index contributed by atoms with van der Waals surface area (Å²) in [6, 6.07) is 9.97. The molecule has 0 heterocycles. The Morgan fingerprint density at radius 2 is 1.82 bits per heavy atom.